The van der Waals surface area contributed by atoms with Crippen LogP contribution in [0.15, 0.2) is 33.9 Å². The smallest absolute Gasteiger partial charge is 0.0471 e. The highest BCUT2D eigenvalue weighted by molar-refractivity contribution is 9.11. The van der Waals surface area contributed by atoms with Crippen LogP contribution in [0.3, 0.4) is 0 Å². The predicted octanol–water partition coefficient (Wildman–Crippen LogP) is 4.17. The van der Waals surface area contributed by atoms with Crippen molar-refractivity contribution in [3.63, 3.8) is 0 Å². The van der Waals surface area contributed by atoms with Gasteiger partial charge in [-0.25, -0.2) is 0 Å². The largest absolute Gasteiger partial charge is 0.122 e. The molecular weight excluding hydrogens is 235 g/mol. The summed E-state index contributed by atoms with van der Waals surface area (Å²) in [6.07, 6.45) is 8.66. The number of rotatable bonds is 1. The average molecular weight is 248 g/mol. The minimum atomic E-state index is 0.599. The van der Waals surface area contributed by atoms with E-state index in [0.29, 0.717) is 5.88 Å². The molecule has 0 spiro atoms. The topological polar surface area (TPSA) is 0 Å². The first kappa shape index (κ1) is 10.1. The van der Waals surface area contributed by atoms with E-state index in [-0.39, 0.29) is 0 Å². The van der Waals surface area contributed by atoms with Crippen molar-refractivity contribution in [3.05, 3.63) is 33.9 Å². The normalized spacial score (nSPS) is 31.8. The highest BCUT2D eigenvalue weighted by Crippen LogP contribution is 2.20. The number of allylic oxidation sites excluding steroid dienone is 6. The van der Waals surface area contributed by atoms with Crippen molar-refractivity contribution >= 4 is 27.5 Å². The van der Waals surface area contributed by atoms with Gasteiger partial charge in [0.1, 0.15) is 0 Å². The molecule has 0 amide bonds. The summed E-state index contributed by atoms with van der Waals surface area (Å²) in [5.74, 6) is 0.599. The van der Waals surface area contributed by atoms with Crippen LogP contribution in [0, 0.1) is 0 Å². The third kappa shape index (κ3) is 3.16. The van der Waals surface area contributed by atoms with Gasteiger partial charge in [-0.05, 0) is 37.5 Å². The van der Waals surface area contributed by atoms with E-state index in [1.807, 2.05) is 0 Å². The van der Waals surface area contributed by atoms with E-state index in [1.165, 1.54) is 11.1 Å². The highest BCUT2D eigenvalue weighted by atomic mass is 79.9. The van der Waals surface area contributed by atoms with E-state index < -0.39 is 0 Å². The van der Waals surface area contributed by atoms with Gasteiger partial charge in [-0.3, -0.25) is 0 Å². The van der Waals surface area contributed by atoms with Crippen LogP contribution < -0.4 is 0 Å². The Labute approximate surface area is 87.1 Å². The second kappa shape index (κ2) is 4.88. The SMILES string of the molecule is C\C1=C/C(Br)=C\C(CCl)=C/CC1. The Kier molecular flexibility index (Phi) is 4.10. The quantitative estimate of drug-likeness (QED) is 0.610. The van der Waals surface area contributed by atoms with Gasteiger partial charge < -0.3 is 0 Å². The molecule has 1 aliphatic carbocycles. The van der Waals surface area contributed by atoms with Crippen LogP contribution in [-0.2, 0) is 0 Å². The lowest BCUT2D eigenvalue weighted by Crippen LogP contribution is -1.86. The van der Waals surface area contributed by atoms with Gasteiger partial charge in [-0.1, -0.05) is 27.6 Å². The van der Waals surface area contributed by atoms with E-state index in [4.69, 9.17) is 11.6 Å². The molecule has 1 rings (SSSR count). The predicted molar refractivity (Wildman–Crippen MR) is 58.8 cm³/mol. The maximum absolute atomic E-state index is 5.75. The molecule has 0 aromatic carbocycles. The minimum absolute atomic E-state index is 0.599. The van der Waals surface area contributed by atoms with Crippen molar-refractivity contribution in [2.75, 3.05) is 5.88 Å². The fourth-order valence-corrected chi connectivity index (χ4v) is 2.03. The Bertz CT molecular complexity index is 249. The van der Waals surface area contributed by atoms with E-state index in [2.05, 4.69) is 41.1 Å². The molecule has 12 heavy (non-hydrogen) atoms. The molecule has 0 nitrogen and oxygen atoms in total. The van der Waals surface area contributed by atoms with Crippen molar-refractivity contribution in [2.45, 2.75) is 19.8 Å². The average Bonchev–Trinajstić information content (AvgIpc) is 1.99. The Hall–Kier alpha value is -0.0100. The number of halogens is 2. The lowest BCUT2D eigenvalue weighted by molar-refractivity contribution is 0.967. The van der Waals surface area contributed by atoms with Gasteiger partial charge in [0.2, 0.25) is 0 Å². The van der Waals surface area contributed by atoms with Crippen LogP contribution in [0.4, 0.5) is 0 Å². The van der Waals surface area contributed by atoms with Crippen molar-refractivity contribution < 1.29 is 0 Å². The Morgan fingerprint density at radius 1 is 1.50 bits per heavy atom. The van der Waals surface area contributed by atoms with E-state index in [1.54, 1.807) is 0 Å². The molecule has 0 fully saturated rings. The summed E-state index contributed by atoms with van der Waals surface area (Å²) in [4.78, 5) is 0. The van der Waals surface area contributed by atoms with Gasteiger partial charge in [0.05, 0.1) is 0 Å². The van der Waals surface area contributed by atoms with Crippen molar-refractivity contribution in [1.29, 1.82) is 0 Å². The lowest BCUT2D eigenvalue weighted by atomic mass is 10.1. The molecule has 0 N–H and O–H groups in total. The molecule has 0 heterocycles. The second-order valence-corrected chi connectivity index (χ2v) is 4.15. The highest BCUT2D eigenvalue weighted by Gasteiger charge is 1.98. The summed E-state index contributed by atoms with van der Waals surface area (Å²) >= 11 is 9.23. The molecule has 0 radical (unpaired) electrons. The van der Waals surface area contributed by atoms with Crippen LogP contribution in [0.2, 0.25) is 0 Å². The molecular formula is C10H12BrCl. The zero-order valence-corrected chi connectivity index (χ0v) is 9.45. The first-order chi connectivity index (χ1) is 5.72. The standard InChI is InChI=1S/C10H12BrCl/c1-8-3-2-4-9(7-12)6-10(11)5-8/h4-6H,2-3,7H2,1H3/b8-5+,9-4+,10-6+. The maximum Gasteiger partial charge on any atom is 0.0471 e. The fraction of sp³-hybridized carbons (Fsp3) is 0.400. The summed E-state index contributed by atoms with van der Waals surface area (Å²) in [6.45, 7) is 2.15. The molecule has 0 atom stereocenters. The van der Waals surface area contributed by atoms with Crippen LogP contribution in [0.25, 0.3) is 0 Å². The molecule has 0 saturated heterocycles. The third-order valence-electron chi connectivity index (χ3n) is 1.81. The first-order valence-electron chi connectivity index (χ1n) is 4.01. The van der Waals surface area contributed by atoms with Crippen LogP contribution in [-0.4, -0.2) is 5.88 Å². The molecule has 0 aromatic heterocycles. The van der Waals surface area contributed by atoms with Gasteiger partial charge in [0, 0.05) is 10.4 Å². The molecule has 2 heteroatoms. The van der Waals surface area contributed by atoms with E-state index >= 15 is 0 Å². The van der Waals surface area contributed by atoms with Crippen molar-refractivity contribution in [3.8, 4) is 0 Å². The second-order valence-electron chi connectivity index (χ2n) is 2.97. The Balaban J connectivity index is 2.85. The molecule has 1 aliphatic rings. The fourth-order valence-electron chi connectivity index (χ4n) is 1.16. The number of hydrogen-bond donors (Lipinski definition) is 0. The first-order valence-corrected chi connectivity index (χ1v) is 5.34. The van der Waals surface area contributed by atoms with E-state index in [9.17, 15) is 0 Å². The minimum Gasteiger partial charge on any atom is -0.122 e. The van der Waals surface area contributed by atoms with Crippen molar-refractivity contribution in [1.82, 2.24) is 0 Å². The van der Waals surface area contributed by atoms with Crippen LogP contribution in [0.5, 0.6) is 0 Å². The molecule has 0 aromatic rings. The molecule has 66 valence electrons. The molecule has 0 saturated carbocycles. The number of hydrogen-bond acceptors (Lipinski definition) is 0. The van der Waals surface area contributed by atoms with Gasteiger partial charge in [-0.2, -0.15) is 0 Å². The maximum atomic E-state index is 5.75. The summed E-state index contributed by atoms with van der Waals surface area (Å²) in [5.41, 5.74) is 2.61. The van der Waals surface area contributed by atoms with Gasteiger partial charge in [-0.15, -0.1) is 11.6 Å². The number of alkyl halides is 1. The van der Waals surface area contributed by atoms with Crippen LogP contribution in [0.1, 0.15) is 19.8 Å². The van der Waals surface area contributed by atoms with Gasteiger partial charge >= 0.3 is 0 Å². The van der Waals surface area contributed by atoms with Crippen LogP contribution >= 0.6 is 27.5 Å². The Morgan fingerprint density at radius 3 is 2.92 bits per heavy atom. The molecule has 0 aliphatic heterocycles. The summed E-state index contributed by atoms with van der Waals surface area (Å²) in [5, 5.41) is 0. The zero-order valence-electron chi connectivity index (χ0n) is 7.11. The van der Waals surface area contributed by atoms with Gasteiger partial charge in [0.15, 0.2) is 0 Å². The monoisotopic (exact) mass is 246 g/mol. The lowest BCUT2D eigenvalue weighted by Gasteiger charge is -2.04. The van der Waals surface area contributed by atoms with Gasteiger partial charge in [0.25, 0.3) is 0 Å². The Morgan fingerprint density at radius 2 is 2.25 bits per heavy atom. The molecule has 0 bridgehead atoms. The summed E-state index contributed by atoms with van der Waals surface area (Å²) in [6, 6.07) is 0. The van der Waals surface area contributed by atoms with Crippen molar-refractivity contribution in [2.24, 2.45) is 0 Å². The molecule has 0 unspecified atom stereocenters. The third-order valence-corrected chi connectivity index (χ3v) is 2.57. The zero-order chi connectivity index (χ0) is 8.97. The van der Waals surface area contributed by atoms with E-state index in [0.717, 1.165) is 17.3 Å². The summed E-state index contributed by atoms with van der Waals surface area (Å²) < 4.78 is 1.12. The summed E-state index contributed by atoms with van der Waals surface area (Å²) in [7, 11) is 0.